The number of aliphatic hydroxyl groups is 1. The van der Waals surface area contributed by atoms with Gasteiger partial charge in [-0.3, -0.25) is 4.79 Å². The van der Waals surface area contributed by atoms with Crippen molar-refractivity contribution in [2.24, 2.45) is 29.6 Å². The summed E-state index contributed by atoms with van der Waals surface area (Å²) in [5.41, 5.74) is 0.357. The molecule has 5 aliphatic rings. The SMILES string of the molecule is COc1ccc(C23OC4C(O)C5CC4C2C5C(=O)N3CC2CC2)cc1. The van der Waals surface area contributed by atoms with Crippen LogP contribution in [-0.4, -0.2) is 41.8 Å². The van der Waals surface area contributed by atoms with Crippen molar-refractivity contribution in [1.82, 2.24) is 4.90 Å². The van der Waals surface area contributed by atoms with Crippen molar-refractivity contribution < 1.29 is 19.4 Å². The number of benzene rings is 1. The van der Waals surface area contributed by atoms with Gasteiger partial charge >= 0.3 is 0 Å². The molecule has 1 amide bonds. The van der Waals surface area contributed by atoms with Crippen LogP contribution in [0.2, 0.25) is 0 Å². The Morgan fingerprint density at radius 1 is 1.28 bits per heavy atom. The maximum absolute atomic E-state index is 13.3. The van der Waals surface area contributed by atoms with Crippen LogP contribution in [0.4, 0.5) is 0 Å². The average Bonchev–Trinajstić information content (AvgIpc) is 3.10. The number of methoxy groups -OCH3 is 1. The van der Waals surface area contributed by atoms with Gasteiger partial charge in [0, 0.05) is 18.0 Å². The Morgan fingerprint density at radius 3 is 2.72 bits per heavy atom. The number of carbonyl (C=O) groups excluding carboxylic acids is 1. The van der Waals surface area contributed by atoms with Crippen LogP contribution in [0, 0.1) is 29.6 Å². The molecule has 7 unspecified atom stereocenters. The molecule has 1 N–H and O–H groups in total. The molecule has 1 aromatic rings. The number of rotatable bonds is 4. The fourth-order valence-corrected chi connectivity index (χ4v) is 6.26. The van der Waals surface area contributed by atoms with Crippen molar-refractivity contribution >= 4 is 5.91 Å². The van der Waals surface area contributed by atoms with Crippen LogP contribution in [0.1, 0.15) is 24.8 Å². The highest BCUT2D eigenvalue weighted by Crippen LogP contribution is 2.70. The molecule has 5 nitrogen and oxygen atoms in total. The van der Waals surface area contributed by atoms with Crippen LogP contribution in [0.5, 0.6) is 5.75 Å². The molecule has 132 valence electrons. The number of carbonyl (C=O) groups is 1. The van der Waals surface area contributed by atoms with E-state index >= 15 is 0 Å². The zero-order valence-corrected chi connectivity index (χ0v) is 14.3. The number of fused-ring (bicyclic) bond motifs is 2. The maximum atomic E-state index is 13.3. The minimum Gasteiger partial charge on any atom is -0.497 e. The third-order valence-corrected chi connectivity index (χ3v) is 7.41. The van der Waals surface area contributed by atoms with Crippen LogP contribution in [0.3, 0.4) is 0 Å². The molecule has 3 aliphatic carbocycles. The highest BCUT2D eigenvalue weighted by Gasteiger charge is 2.78. The van der Waals surface area contributed by atoms with Gasteiger partial charge in [0.15, 0.2) is 5.72 Å². The van der Waals surface area contributed by atoms with Crippen molar-refractivity contribution in [2.45, 2.75) is 37.2 Å². The van der Waals surface area contributed by atoms with E-state index in [4.69, 9.17) is 9.47 Å². The summed E-state index contributed by atoms with van der Waals surface area (Å²) in [6.45, 7) is 0.792. The van der Waals surface area contributed by atoms with E-state index in [-0.39, 0.29) is 29.8 Å². The van der Waals surface area contributed by atoms with Crippen molar-refractivity contribution in [3.8, 4) is 5.75 Å². The summed E-state index contributed by atoms with van der Waals surface area (Å²) in [5.74, 6) is 2.13. The van der Waals surface area contributed by atoms with Crippen LogP contribution in [0.15, 0.2) is 24.3 Å². The fraction of sp³-hybridized carbons (Fsp3) is 0.650. The smallest absolute Gasteiger partial charge is 0.229 e. The first kappa shape index (κ1) is 14.6. The highest BCUT2D eigenvalue weighted by molar-refractivity contribution is 5.85. The molecule has 3 saturated carbocycles. The molecule has 7 atom stereocenters. The minimum atomic E-state index is -0.682. The number of aliphatic hydroxyl groups excluding tert-OH is 1. The Balaban J connectivity index is 1.51. The van der Waals surface area contributed by atoms with E-state index in [9.17, 15) is 9.90 Å². The second-order valence-electron chi connectivity index (χ2n) is 8.51. The lowest BCUT2D eigenvalue weighted by Crippen LogP contribution is -2.49. The molecule has 2 saturated heterocycles. The number of nitrogens with zero attached hydrogens (tertiary/aromatic N) is 1. The molecule has 25 heavy (non-hydrogen) atoms. The second kappa shape index (κ2) is 4.57. The van der Waals surface area contributed by atoms with E-state index in [0.717, 1.165) is 24.3 Å². The van der Waals surface area contributed by atoms with Gasteiger partial charge < -0.3 is 19.5 Å². The summed E-state index contributed by atoms with van der Waals surface area (Å²) in [4.78, 5) is 15.4. The topological polar surface area (TPSA) is 59.0 Å². The fourth-order valence-electron chi connectivity index (χ4n) is 6.26. The van der Waals surface area contributed by atoms with Crippen molar-refractivity contribution in [3.63, 3.8) is 0 Å². The molecule has 6 rings (SSSR count). The van der Waals surface area contributed by atoms with E-state index in [1.54, 1.807) is 7.11 Å². The summed E-state index contributed by atoms with van der Waals surface area (Å²) in [5, 5.41) is 10.7. The average molecular weight is 341 g/mol. The zero-order valence-electron chi connectivity index (χ0n) is 14.3. The Kier molecular flexibility index (Phi) is 2.66. The largest absolute Gasteiger partial charge is 0.497 e. The normalized spacial score (nSPS) is 46.3. The maximum Gasteiger partial charge on any atom is 0.229 e. The van der Waals surface area contributed by atoms with Crippen molar-refractivity contribution in [2.75, 3.05) is 13.7 Å². The first-order chi connectivity index (χ1) is 12.1. The number of hydrogen-bond donors (Lipinski definition) is 1. The number of hydrogen-bond acceptors (Lipinski definition) is 4. The Labute approximate surface area is 146 Å². The lowest BCUT2D eigenvalue weighted by molar-refractivity contribution is -0.183. The van der Waals surface area contributed by atoms with Crippen LogP contribution >= 0.6 is 0 Å². The lowest BCUT2D eigenvalue weighted by atomic mass is 9.75. The summed E-state index contributed by atoms with van der Waals surface area (Å²) >= 11 is 0. The van der Waals surface area contributed by atoms with Crippen molar-refractivity contribution in [1.29, 1.82) is 0 Å². The molecule has 2 aliphatic heterocycles. The molecule has 0 radical (unpaired) electrons. The third kappa shape index (κ3) is 1.60. The van der Waals surface area contributed by atoms with Gasteiger partial charge in [-0.2, -0.15) is 0 Å². The number of ether oxygens (including phenoxy) is 2. The summed E-state index contributed by atoms with van der Waals surface area (Å²) in [7, 11) is 1.66. The first-order valence-corrected chi connectivity index (χ1v) is 9.47. The van der Waals surface area contributed by atoms with E-state index in [1.165, 1.54) is 12.8 Å². The molecular weight excluding hydrogens is 318 g/mol. The van der Waals surface area contributed by atoms with Gasteiger partial charge in [0.05, 0.1) is 25.2 Å². The molecule has 0 aromatic heterocycles. The highest BCUT2D eigenvalue weighted by atomic mass is 16.6. The van der Waals surface area contributed by atoms with Crippen LogP contribution < -0.4 is 4.74 Å². The standard InChI is InChI=1S/C20H23NO4/c1-24-12-6-4-11(5-7-12)20-16-14-8-13(17(22)18(14)25-20)15(16)19(23)21(20)9-10-2-3-10/h4-7,10,13-18,22H,2-3,8-9H2,1H3. The van der Waals surface area contributed by atoms with Crippen molar-refractivity contribution in [3.05, 3.63) is 29.8 Å². The van der Waals surface area contributed by atoms with E-state index in [0.29, 0.717) is 11.8 Å². The quantitative estimate of drug-likeness (QED) is 0.906. The third-order valence-electron chi connectivity index (χ3n) is 7.41. The summed E-state index contributed by atoms with van der Waals surface area (Å²) in [6.07, 6.45) is 2.73. The molecule has 2 heterocycles. The van der Waals surface area contributed by atoms with Crippen LogP contribution in [-0.2, 0) is 15.3 Å². The molecule has 5 heteroatoms. The van der Waals surface area contributed by atoms with Gasteiger partial charge in [-0.25, -0.2) is 0 Å². The van der Waals surface area contributed by atoms with Gasteiger partial charge in [0.1, 0.15) is 5.75 Å². The summed E-state index contributed by atoms with van der Waals surface area (Å²) < 4.78 is 11.9. The van der Waals surface area contributed by atoms with E-state index in [2.05, 4.69) is 0 Å². The molecule has 0 spiro atoms. The number of amides is 1. The molecular formula is C20H23NO4. The molecule has 5 fully saturated rings. The Morgan fingerprint density at radius 2 is 2.04 bits per heavy atom. The minimum absolute atomic E-state index is 0.0698. The Bertz CT molecular complexity index is 745. The zero-order chi connectivity index (χ0) is 16.9. The van der Waals surface area contributed by atoms with Gasteiger partial charge in [-0.05, 0) is 49.1 Å². The predicted molar refractivity (Wildman–Crippen MR) is 88.6 cm³/mol. The Hall–Kier alpha value is -1.59. The summed E-state index contributed by atoms with van der Waals surface area (Å²) in [6, 6.07) is 7.98. The van der Waals surface area contributed by atoms with Gasteiger partial charge in [0.25, 0.3) is 0 Å². The van der Waals surface area contributed by atoms with Gasteiger partial charge in [0.2, 0.25) is 5.91 Å². The first-order valence-electron chi connectivity index (χ1n) is 9.47. The molecule has 1 aromatic carbocycles. The predicted octanol–water partition coefficient (Wildman–Crippen LogP) is 1.74. The second-order valence-corrected chi connectivity index (χ2v) is 8.51. The van der Waals surface area contributed by atoms with E-state index < -0.39 is 11.8 Å². The van der Waals surface area contributed by atoms with Crippen LogP contribution in [0.25, 0.3) is 0 Å². The van der Waals surface area contributed by atoms with E-state index in [1.807, 2.05) is 29.2 Å². The molecule has 2 bridgehead atoms. The number of likely N-dealkylation sites (tertiary alicyclic amines) is 1. The lowest BCUT2D eigenvalue weighted by Gasteiger charge is -2.39. The monoisotopic (exact) mass is 341 g/mol. The van der Waals surface area contributed by atoms with Gasteiger partial charge in [-0.1, -0.05) is 12.1 Å². The van der Waals surface area contributed by atoms with Gasteiger partial charge in [-0.15, -0.1) is 0 Å².